The second-order valence-corrected chi connectivity index (χ2v) is 9.96. The smallest absolute Gasteiger partial charge is 0.0623 e. The Morgan fingerprint density at radius 3 is 2.28 bits per heavy atom. The van der Waals surface area contributed by atoms with E-state index < -0.39 is 0 Å². The second kappa shape index (κ2) is 9.70. The van der Waals surface area contributed by atoms with Gasteiger partial charge in [-0.3, -0.25) is 0 Å². The fourth-order valence-electron chi connectivity index (χ4n) is 5.98. The molecule has 5 aromatic rings. The number of fused-ring (bicyclic) bond motifs is 6. The van der Waals surface area contributed by atoms with Gasteiger partial charge in [0, 0.05) is 45.6 Å². The standard InChI is InChI=1S/C36H29N3/c1-2-26(14-12-24-38-33-20-7-3-16-29(33)30-17-4-8-21-34(30)38)37-27-13-11-15-28(25-27)39-35-22-9-5-18-31(35)32-19-6-10-23-36(32)39/h2-25,29,33,37H,1H2/b24-12-,26-14+. The summed E-state index contributed by atoms with van der Waals surface area (Å²) in [7, 11) is 0. The van der Waals surface area contributed by atoms with Gasteiger partial charge < -0.3 is 14.8 Å². The van der Waals surface area contributed by atoms with Crippen LogP contribution in [-0.2, 0) is 0 Å². The molecule has 2 atom stereocenters. The zero-order valence-corrected chi connectivity index (χ0v) is 21.6. The molecule has 3 heteroatoms. The maximum Gasteiger partial charge on any atom is 0.0623 e. The van der Waals surface area contributed by atoms with Crippen molar-refractivity contribution in [1.29, 1.82) is 0 Å². The van der Waals surface area contributed by atoms with Crippen molar-refractivity contribution in [2.45, 2.75) is 12.0 Å². The highest BCUT2D eigenvalue weighted by molar-refractivity contribution is 6.09. The minimum Gasteiger partial charge on any atom is -0.355 e. The van der Waals surface area contributed by atoms with E-state index in [1.807, 2.05) is 6.08 Å². The van der Waals surface area contributed by atoms with Crippen molar-refractivity contribution in [1.82, 2.24) is 4.57 Å². The highest BCUT2D eigenvalue weighted by Gasteiger charge is 2.34. The first kappa shape index (κ1) is 23.1. The van der Waals surface area contributed by atoms with Crippen LogP contribution in [0.15, 0.2) is 158 Å². The third kappa shape index (κ3) is 4.00. The molecule has 1 N–H and O–H groups in total. The van der Waals surface area contributed by atoms with Crippen LogP contribution < -0.4 is 10.2 Å². The van der Waals surface area contributed by atoms with Crippen molar-refractivity contribution in [3.8, 4) is 5.69 Å². The number of aromatic nitrogens is 1. The molecular formula is C36H29N3. The molecule has 0 saturated carbocycles. The Kier molecular flexibility index (Phi) is 5.75. The zero-order chi connectivity index (χ0) is 26.2. The molecule has 2 aliphatic rings. The normalized spacial score (nSPS) is 18.2. The lowest BCUT2D eigenvalue weighted by atomic mass is 9.92. The van der Waals surface area contributed by atoms with Gasteiger partial charge in [0.15, 0.2) is 0 Å². The number of rotatable bonds is 6. The summed E-state index contributed by atoms with van der Waals surface area (Å²) >= 11 is 0. The van der Waals surface area contributed by atoms with Crippen LogP contribution >= 0.6 is 0 Å². The van der Waals surface area contributed by atoms with E-state index in [9.17, 15) is 0 Å². The molecule has 39 heavy (non-hydrogen) atoms. The predicted octanol–water partition coefficient (Wildman–Crippen LogP) is 8.88. The second-order valence-electron chi connectivity index (χ2n) is 9.96. The minimum absolute atomic E-state index is 0.306. The van der Waals surface area contributed by atoms with Crippen molar-refractivity contribution < 1.29 is 0 Å². The summed E-state index contributed by atoms with van der Waals surface area (Å²) in [5.74, 6) is 0.389. The maximum atomic E-state index is 4.06. The molecule has 188 valence electrons. The average Bonchev–Trinajstić information content (AvgIpc) is 3.50. The third-order valence-electron chi connectivity index (χ3n) is 7.72. The van der Waals surface area contributed by atoms with Crippen LogP contribution in [-0.4, -0.2) is 10.6 Å². The van der Waals surface area contributed by atoms with Crippen molar-refractivity contribution >= 4 is 33.2 Å². The Morgan fingerprint density at radius 2 is 1.49 bits per heavy atom. The van der Waals surface area contributed by atoms with Gasteiger partial charge in [0.25, 0.3) is 0 Å². The van der Waals surface area contributed by atoms with Gasteiger partial charge in [0.2, 0.25) is 0 Å². The molecule has 3 nitrogen and oxygen atoms in total. The summed E-state index contributed by atoms with van der Waals surface area (Å²) in [5.41, 5.74) is 8.12. The average molecular weight is 504 g/mol. The Morgan fingerprint density at radius 1 is 0.769 bits per heavy atom. The molecule has 4 aromatic carbocycles. The first-order valence-electron chi connectivity index (χ1n) is 13.4. The summed E-state index contributed by atoms with van der Waals surface area (Å²) in [6.07, 6.45) is 17.1. The first-order valence-corrected chi connectivity index (χ1v) is 13.4. The molecule has 1 aromatic heterocycles. The molecule has 1 aliphatic heterocycles. The molecule has 2 unspecified atom stereocenters. The number of anilines is 2. The van der Waals surface area contributed by atoms with Gasteiger partial charge in [-0.05, 0) is 60.2 Å². The summed E-state index contributed by atoms with van der Waals surface area (Å²) in [4.78, 5) is 2.36. The summed E-state index contributed by atoms with van der Waals surface area (Å²) in [5, 5.41) is 6.09. The quantitative estimate of drug-likeness (QED) is 0.234. The molecular weight excluding hydrogens is 474 g/mol. The van der Waals surface area contributed by atoms with Gasteiger partial charge in [0.05, 0.1) is 17.1 Å². The lowest BCUT2D eigenvalue weighted by molar-refractivity contribution is 0.741. The summed E-state index contributed by atoms with van der Waals surface area (Å²) < 4.78 is 2.33. The molecule has 0 radical (unpaired) electrons. The highest BCUT2D eigenvalue weighted by atomic mass is 15.2. The van der Waals surface area contributed by atoms with E-state index in [4.69, 9.17) is 0 Å². The molecule has 0 fully saturated rings. The van der Waals surface area contributed by atoms with E-state index in [-0.39, 0.29) is 0 Å². The van der Waals surface area contributed by atoms with E-state index in [0.29, 0.717) is 12.0 Å². The molecule has 0 saturated heterocycles. The van der Waals surface area contributed by atoms with Gasteiger partial charge in [-0.1, -0.05) is 91.5 Å². The summed E-state index contributed by atoms with van der Waals surface area (Å²) in [6.45, 7) is 4.06. The molecule has 0 spiro atoms. The van der Waals surface area contributed by atoms with E-state index >= 15 is 0 Å². The lowest BCUT2D eigenvalue weighted by Crippen LogP contribution is -2.27. The zero-order valence-electron chi connectivity index (χ0n) is 21.6. The van der Waals surface area contributed by atoms with Gasteiger partial charge in [-0.2, -0.15) is 0 Å². The summed E-state index contributed by atoms with van der Waals surface area (Å²) in [6, 6.07) is 34.7. The number of hydrogen-bond donors (Lipinski definition) is 1. The fraction of sp³-hybridized carbons (Fsp3) is 0.0556. The molecule has 0 amide bonds. The van der Waals surface area contributed by atoms with E-state index in [2.05, 4.69) is 161 Å². The van der Waals surface area contributed by atoms with E-state index in [1.165, 1.54) is 33.1 Å². The maximum absolute atomic E-state index is 4.06. The van der Waals surface area contributed by atoms with Gasteiger partial charge >= 0.3 is 0 Å². The van der Waals surface area contributed by atoms with Crippen LogP contribution in [0.1, 0.15) is 11.5 Å². The van der Waals surface area contributed by atoms with E-state index in [1.54, 1.807) is 0 Å². The minimum atomic E-state index is 0.306. The topological polar surface area (TPSA) is 20.2 Å². The van der Waals surface area contributed by atoms with Crippen molar-refractivity contribution in [2.24, 2.45) is 0 Å². The molecule has 2 heterocycles. The van der Waals surface area contributed by atoms with E-state index in [0.717, 1.165) is 17.1 Å². The van der Waals surface area contributed by atoms with Gasteiger partial charge in [-0.25, -0.2) is 0 Å². The third-order valence-corrected chi connectivity index (χ3v) is 7.72. The van der Waals surface area contributed by atoms with Gasteiger partial charge in [0.1, 0.15) is 0 Å². The Labute approximate surface area is 229 Å². The van der Waals surface area contributed by atoms with Crippen LogP contribution in [0.4, 0.5) is 11.4 Å². The lowest BCUT2D eigenvalue weighted by Gasteiger charge is -2.24. The Balaban J connectivity index is 1.18. The van der Waals surface area contributed by atoms with Crippen molar-refractivity contribution in [3.63, 3.8) is 0 Å². The van der Waals surface area contributed by atoms with Gasteiger partial charge in [-0.15, -0.1) is 0 Å². The highest BCUT2D eigenvalue weighted by Crippen LogP contribution is 2.43. The first-order chi connectivity index (χ1) is 19.3. The monoisotopic (exact) mass is 503 g/mol. The Hall–Kier alpha value is -5.02. The largest absolute Gasteiger partial charge is 0.355 e. The number of hydrogen-bond acceptors (Lipinski definition) is 2. The number of benzene rings is 4. The van der Waals surface area contributed by atoms with Crippen LogP contribution in [0.5, 0.6) is 0 Å². The fourth-order valence-corrected chi connectivity index (χ4v) is 5.98. The molecule has 1 aliphatic carbocycles. The van der Waals surface area contributed by atoms with Crippen LogP contribution in [0.25, 0.3) is 27.5 Å². The van der Waals surface area contributed by atoms with Crippen molar-refractivity contribution in [3.05, 3.63) is 164 Å². The molecule has 7 rings (SSSR count). The number of allylic oxidation sites excluding steroid dienone is 5. The predicted molar refractivity (Wildman–Crippen MR) is 166 cm³/mol. The van der Waals surface area contributed by atoms with Crippen LogP contribution in [0.2, 0.25) is 0 Å². The SMILES string of the molecule is C=C/C(=C\C=C/N1c2ccccc2C2C=CC=CC21)Nc1cccc(-n2c3ccccc3c3ccccc32)c1. The Bertz CT molecular complexity index is 1780. The van der Waals surface area contributed by atoms with Crippen LogP contribution in [0.3, 0.4) is 0 Å². The molecule has 0 bridgehead atoms. The number of para-hydroxylation sites is 3. The number of nitrogens with zero attached hydrogens (tertiary/aromatic N) is 2. The van der Waals surface area contributed by atoms with Crippen LogP contribution in [0, 0.1) is 0 Å². The van der Waals surface area contributed by atoms with Crippen molar-refractivity contribution in [2.75, 3.05) is 10.2 Å². The number of nitrogens with one attached hydrogen (secondary N) is 1.